The summed E-state index contributed by atoms with van der Waals surface area (Å²) in [4.78, 5) is 13.5. The summed E-state index contributed by atoms with van der Waals surface area (Å²) in [5, 5.41) is 14.6. The molecule has 148 valence electrons. The van der Waals surface area contributed by atoms with Crippen LogP contribution in [-0.2, 0) is 4.74 Å². The van der Waals surface area contributed by atoms with E-state index in [0.29, 0.717) is 11.9 Å². The molecule has 29 heavy (non-hydrogen) atoms. The van der Waals surface area contributed by atoms with Gasteiger partial charge in [-0.1, -0.05) is 0 Å². The zero-order valence-electron chi connectivity index (χ0n) is 15.9. The van der Waals surface area contributed by atoms with Gasteiger partial charge in [0.15, 0.2) is 5.65 Å². The van der Waals surface area contributed by atoms with E-state index in [4.69, 9.17) is 9.47 Å². The molecular weight excluding hydrogens is 372 g/mol. The van der Waals surface area contributed by atoms with Crippen LogP contribution in [0.5, 0.6) is 5.88 Å². The van der Waals surface area contributed by atoms with E-state index < -0.39 is 5.60 Å². The van der Waals surface area contributed by atoms with Crippen LogP contribution in [0.3, 0.4) is 0 Å². The Morgan fingerprint density at radius 2 is 2.17 bits per heavy atom. The number of ether oxygens (including phenoxy) is 2. The van der Waals surface area contributed by atoms with E-state index in [1.165, 1.54) is 19.2 Å². The number of imidazole rings is 1. The molecule has 1 saturated heterocycles. The quantitative estimate of drug-likeness (QED) is 0.554. The fourth-order valence-electron chi connectivity index (χ4n) is 3.92. The summed E-state index contributed by atoms with van der Waals surface area (Å²) in [5.41, 5.74) is 3.47. The highest BCUT2D eigenvalue weighted by Crippen LogP contribution is 2.39. The lowest BCUT2D eigenvalue weighted by Crippen LogP contribution is -2.54. The molecule has 1 saturated carbocycles. The topological polar surface area (TPSA) is 99.6 Å². The van der Waals surface area contributed by atoms with Gasteiger partial charge in [-0.05, 0) is 31.9 Å². The first kappa shape index (κ1) is 16.9. The lowest BCUT2D eigenvalue weighted by molar-refractivity contribution is -0.192. The Labute approximate surface area is 165 Å². The molecule has 0 amide bonds. The fourth-order valence-corrected chi connectivity index (χ4v) is 3.92. The molecule has 0 radical (unpaired) electrons. The molecule has 0 unspecified atom stereocenters. The molecule has 1 aliphatic heterocycles. The van der Waals surface area contributed by atoms with Crippen molar-refractivity contribution >= 4 is 16.7 Å². The van der Waals surface area contributed by atoms with Gasteiger partial charge in [-0.2, -0.15) is 10.1 Å². The van der Waals surface area contributed by atoms with E-state index in [1.807, 2.05) is 25.4 Å². The number of hydrogen-bond acceptors (Lipinski definition) is 7. The Morgan fingerprint density at radius 3 is 2.93 bits per heavy atom. The van der Waals surface area contributed by atoms with Crippen molar-refractivity contribution in [3.63, 3.8) is 0 Å². The summed E-state index contributed by atoms with van der Waals surface area (Å²) in [6.45, 7) is 2.69. The first-order valence-corrected chi connectivity index (χ1v) is 9.72. The molecule has 1 N–H and O–H groups in total. The van der Waals surface area contributed by atoms with Gasteiger partial charge in [-0.3, -0.25) is 0 Å². The van der Waals surface area contributed by atoms with Crippen molar-refractivity contribution in [1.29, 1.82) is 0 Å². The maximum atomic E-state index is 10.3. The average Bonchev–Trinajstić information content (AvgIpc) is 3.34. The van der Waals surface area contributed by atoms with Gasteiger partial charge in [0.05, 0.1) is 18.7 Å². The third-order valence-electron chi connectivity index (χ3n) is 5.59. The van der Waals surface area contributed by atoms with Crippen LogP contribution in [0.1, 0.15) is 24.7 Å². The third-order valence-corrected chi connectivity index (χ3v) is 5.59. The predicted octanol–water partition coefficient (Wildman–Crippen LogP) is 1.92. The fraction of sp³-hybridized carbons (Fsp3) is 0.400. The largest absolute Gasteiger partial charge is 0.473 e. The molecule has 0 spiro atoms. The minimum Gasteiger partial charge on any atom is -0.473 e. The van der Waals surface area contributed by atoms with Crippen molar-refractivity contribution in [2.45, 2.75) is 31.4 Å². The van der Waals surface area contributed by atoms with Crippen LogP contribution in [0.25, 0.3) is 27.8 Å². The molecule has 1 aliphatic carbocycles. The van der Waals surface area contributed by atoms with Crippen molar-refractivity contribution in [3.8, 4) is 17.0 Å². The molecule has 9 nitrogen and oxygen atoms in total. The Hall–Kier alpha value is -3.04. The first-order chi connectivity index (χ1) is 14.1. The summed E-state index contributed by atoms with van der Waals surface area (Å²) >= 11 is 0. The zero-order valence-corrected chi connectivity index (χ0v) is 15.9. The van der Waals surface area contributed by atoms with Crippen LogP contribution in [0.2, 0.25) is 0 Å². The summed E-state index contributed by atoms with van der Waals surface area (Å²) < 4.78 is 15.0. The van der Waals surface area contributed by atoms with E-state index in [2.05, 4.69) is 30.7 Å². The number of aromatic nitrogens is 6. The van der Waals surface area contributed by atoms with Crippen molar-refractivity contribution in [3.05, 3.63) is 36.7 Å². The third kappa shape index (κ3) is 2.69. The lowest BCUT2D eigenvalue weighted by atomic mass is 10.0. The zero-order chi connectivity index (χ0) is 19.6. The highest BCUT2D eigenvalue weighted by atomic mass is 16.6. The molecule has 5 heterocycles. The summed E-state index contributed by atoms with van der Waals surface area (Å²) in [7, 11) is 0. The molecule has 0 atom stereocenters. The van der Waals surface area contributed by atoms with Gasteiger partial charge < -0.3 is 19.1 Å². The van der Waals surface area contributed by atoms with Gasteiger partial charge in [0.2, 0.25) is 5.88 Å². The van der Waals surface area contributed by atoms with E-state index in [1.54, 1.807) is 4.52 Å². The first-order valence-electron chi connectivity index (χ1n) is 9.72. The Morgan fingerprint density at radius 1 is 1.31 bits per heavy atom. The second kappa shape index (κ2) is 5.98. The second-order valence-electron chi connectivity index (χ2n) is 7.92. The normalized spacial score (nSPS) is 18.3. The Balaban J connectivity index is 1.45. The Bertz CT molecular complexity index is 1240. The van der Waals surface area contributed by atoms with Gasteiger partial charge in [0.25, 0.3) is 0 Å². The van der Waals surface area contributed by atoms with Crippen LogP contribution in [0, 0.1) is 6.92 Å². The molecule has 4 aromatic rings. The van der Waals surface area contributed by atoms with Gasteiger partial charge >= 0.3 is 0 Å². The maximum absolute atomic E-state index is 10.3. The molecule has 0 bridgehead atoms. The van der Waals surface area contributed by atoms with Crippen LogP contribution in [0.15, 0.2) is 30.9 Å². The maximum Gasteiger partial charge on any atom is 0.242 e. The van der Waals surface area contributed by atoms with Crippen LogP contribution >= 0.6 is 0 Å². The predicted molar refractivity (Wildman–Crippen MR) is 104 cm³/mol. The summed E-state index contributed by atoms with van der Waals surface area (Å²) in [6.07, 6.45) is 7.51. The smallest absolute Gasteiger partial charge is 0.242 e. The SMILES string of the molecule is Cc1nc2ncc(-c3ccn4ncnc(OCC5(O)COC5)c34)cc2n1C1CC1. The number of nitrogens with zero attached hydrogens (tertiary/aromatic N) is 6. The van der Waals surface area contributed by atoms with Crippen LogP contribution < -0.4 is 4.74 Å². The number of rotatable bonds is 5. The number of pyridine rings is 1. The summed E-state index contributed by atoms with van der Waals surface area (Å²) in [5.74, 6) is 1.42. The summed E-state index contributed by atoms with van der Waals surface area (Å²) in [6, 6.07) is 4.63. The monoisotopic (exact) mass is 392 g/mol. The van der Waals surface area contributed by atoms with Gasteiger partial charge in [-0.15, -0.1) is 0 Å². The molecule has 9 heteroatoms. The number of fused-ring (bicyclic) bond motifs is 2. The van der Waals surface area contributed by atoms with Gasteiger partial charge in [0, 0.05) is 29.6 Å². The van der Waals surface area contributed by atoms with E-state index >= 15 is 0 Å². The van der Waals surface area contributed by atoms with E-state index in [-0.39, 0.29) is 19.8 Å². The van der Waals surface area contributed by atoms with Gasteiger partial charge in [-0.25, -0.2) is 14.5 Å². The van der Waals surface area contributed by atoms with Crippen LogP contribution in [0.4, 0.5) is 0 Å². The van der Waals surface area contributed by atoms with Crippen molar-refractivity contribution in [2.75, 3.05) is 19.8 Å². The molecule has 0 aromatic carbocycles. The lowest BCUT2D eigenvalue weighted by Gasteiger charge is -2.35. The standard InChI is InChI=1S/C20H20N6O3/c1-12-24-18-16(26(12)14-2-3-14)6-13(7-21-18)15-4-5-25-17(15)19(22-11-23-25)29-10-20(27)8-28-9-20/h4-7,11,14,27H,2-3,8-10H2,1H3. The van der Waals surface area contributed by atoms with Crippen molar-refractivity contribution < 1.29 is 14.6 Å². The molecule has 2 fully saturated rings. The van der Waals surface area contributed by atoms with E-state index in [0.717, 1.165) is 33.6 Å². The molecule has 2 aliphatic rings. The minimum absolute atomic E-state index is 0.120. The molecule has 4 aromatic heterocycles. The van der Waals surface area contributed by atoms with Crippen LogP contribution in [-0.4, -0.2) is 59.7 Å². The highest BCUT2D eigenvalue weighted by Gasteiger charge is 2.37. The minimum atomic E-state index is -0.955. The number of aryl methyl sites for hydroxylation is 1. The second-order valence-corrected chi connectivity index (χ2v) is 7.92. The average molecular weight is 392 g/mol. The Kier molecular flexibility index (Phi) is 3.48. The number of hydrogen-bond donors (Lipinski definition) is 1. The molecular formula is C20H20N6O3. The highest BCUT2D eigenvalue weighted by molar-refractivity contribution is 5.88. The van der Waals surface area contributed by atoms with Crippen molar-refractivity contribution in [2.24, 2.45) is 0 Å². The number of aliphatic hydroxyl groups is 1. The van der Waals surface area contributed by atoms with E-state index in [9.17, 15) is 5.11 Å². The molecule has 6 rings (SSSR count). The van der Waals surface area contributed by atoms with Crippen molar-refractivity contribution in [1.82, 2.24) is 29.1 Å². The van der Waals surface area contributed by atoms with Gasteiger partial charge in [0.1, 0.15) is 29.9 Å².